The van der Waals surface area contributed by atoms with Crippen LogP contribution in [-0.2, 0) is 13.0 Å². The van der Waals surface area contributed by atoms with Gasteiger partial charge in [-0.3, -0.25) is 0 Å². The van der Waals surface area contributed by atoms with Gasteiger partial charge in [0.05, 0.1) is 0 Å². The van der Waals surface area contributed by atoms with Crippen molar-refractivity contribution >= 4 is 5.69 Å². The lowest BCUT2D eigenvalue weighted by molar-refractivity contribution is 0.406. The molecule has 0 saturated carbocycles. The topological polar surface area (TPSA) is 27.3 Å². The Bertz CT molecular complexity index is 420. The highest BCUT2D eigenvalue weighted by molar-refractivity contribution is 5.58. The minimum Gasteiger partial charge on any atom is -0.368 e. The summed E-state index contributed by atoms with van der Waals surface area (Å²) >= 11 is 0. The van der Waals surface area contributed by atoms with Gasteiger partial charge in [-0.15, -0.1) is 0 Å². The van der Waals surface area contributed by atoms with Crippen molar-refractivity contribution < 1.29 is 0 Å². The minimum atomic E-state index is 0.575. The predicted octanol–water partition coefficient (Wildman–Crippen LogP) is 1.52. The van der Waals surface area contributed by atoms with Crippen molar-refractivity contribution in [2.75, 3.05) is 24.5 Å². The summed E-state index contributed by atoms with van der Waals surface area (Å²) in [5.41, 5.74) is 4.52. The number of hydrogen-bond donors (Lipinski definition) is 2. The molecule has 1 fully saturated rings. The monoisotopic (exact) mass is 245 g/mol. The summed E-state index contributed by atoms with van der Waals surface area (Å²) in [4.78, 5) is 2.57. The SMILES string of the molecule is CC1CN(c2cccc3c2CCNC3)CC(C)N1. The van der Waals surface area contributed by atoms with E-state index in [1.807, 2.05) is 0 Å². The number of benzene rings is 1. The molecule has 0 radical (unpaired) electrons. The molecule has 0 bridgehead atoms. The summed E-state index contributed by atoms with van der Waals surface area (Å²) in [6.45, 7) is 8.93. The first-order valence-corrected chi connectivity index (χ1v) is 7.06. The summed E-state index contributed by atoms with van der Waals surface area (Å²) in [6, 6.07) is 7.92. The zero-order chi connectivity index (χ0) is 12.5. The first kappa shape index (κ1) is 12.0. The first-order chi connectivity index (χ1) is 8.74. The number of hydrogen-bond acceptors (Lipinski definition) is 3. The highest BCUT2D eigenvalue weighted by Crippen LogP contribution is 2.27. The molecule has 2 heterocycles. The van der Waals surface area contributed by atoms with E-state index >= 15 is 0 Å². The molecule has 2 atom stereocenters. The molecule has 3 heteroatoms. The van der Waals surface area contributed by atoms with Crippen molar-refractivity contribution in [3.63, 3.8) is 0 Å². The van der Waals surface area contributed by atoms with Crippen molar-refractivity contribution in [1.29, 1.82) is 0 Å². The second-order valence-electron chi connectivity index (χ2n) is 5.72. The zero-order valence-corrected chi connectivity index (χ0v) is 11.4. The molecule has 3 rings (SSSR count). The Morgan fingerprint density at radius 1 is 1.17 bits per heavy atom. The van der Waals surface area contributed by atoms with Gasteiger partial charge in [-0.25, -0.2) is 0 Å². The number of anilines is 1. The molecule has 18 heavy (non-hydrogen) atoms. The molecule has 0 aromatic heterocycles. The average molecular weight is 245 g/mol. The van der Waals surface area contributed by atoms with Gasteiger partial charge in [-0.2, -0.15) is 0 Å². The molecule has 2 N–H and O–H groups in total. The lowest BCUT2D eigenvalue weighted by Crippen LogP contribution is -2.54. The molecular weight excluding hydrogens is 222 g/mol. The lowest BCUT2D eigenvalue weighted by atomic mass is 9.97. The summed E-state index contributed by atoms with van der Waals surface area (Å²) in [5.74, 6) is 0. The Balaban J connectivity index is 1.91. The second kappa shape index (κ2) is 4.90. The third-order valence-electron chi connectivity index (χ3n) is 4.01. The Hall–Kier alpha value is -1.06. The van der Waals surface area contributed by atoms with Crippen LogP contribution in [0.2, 0.25) is 0 Å². The minimum absolute atomic E-state index is 0.575. The van der Waals surface area contributed by atoms with E-state index in [-0.39, 0.29) is 0 Å². The fraction of sp³-hybridized carbons (Fsp3) is 0.600. The maximum Gasteiger partial charge on any atom is 0.0403 e. The molecule has 0 amide bonds. The molecule has 1 saturated heterocycles. The summed E-state index contributed by atoms with van der Waals surface area (Å²) in [7, 11) is 0. The number of nitrogens with zero attached hydrogens (tertiary/aromatic N) is 1. The van der Waals surface area contributed by atoms with Crippen molar-refractivity contribution in [1.82, 2.24) is 10.6 Å². The maximum absolute atomic E-state index is 3.60. The Labute approximate surface area is 110 Å². The number of rotatable bonds is 1. The van der Waals surface area contributed by atoms with Crippen molar-refractivity contribution in [2.45, 2.75) is 38.9 Å². The number of nitrogens with one attached hydrogen (secondary N) is 2. The van der Waals surface area contributed by atoms with E-state index in [9.17, 15) is 0 Å². The van der Waals surface area contributed by atoms with Crippen LogP contribution in [0.4, 0.5) is 5.69 Å². The average Bonchev–Trinajstić information content (AvgIpc) is 2.37. The van der Waals surface area contributed by atoms with Gasteiger partial charge in [-0.05, 0) is 44.0 Å². The van der Waals surface area contributed by atoms with E-state index < -0.39 is 0 Å². The van der Waals surface area contributed by atoms with Crippen LogP contribution in [0.15, 0.2) is 18.2 Å². The molecular formula is C15H23N3. The van der Waals surface area contributed by atoms with Crippen LogP contribution in [0, 0.1) is 0 Å². The van der Waals surface area contributed by atoms with Gasteiger partial charge in [0, 0.05) is 37.4 Å². The van der Waals surface area contributed by atoms with Gasteiger partial charge in [-0.1, -0.05) is 12.1 Å². The van der Waals surface area contributed by atoms with Gasteiger partial charge in [0.1, 0.15) is 0 Å². The normalized spacial score (nSPS) is 28.0. The standard InChI is InChI=1S/C15H23N3/c1-11-9-18(10-12(2)17-11)15-5-3-4-13-8-16-7-6-14(13)15/h3-5,11-12,16-17H,6-10H2,1-2H3. The number of fused-ring (bicyclic) bond motifs is 1. The van der Waals surface area contributed by atoms with Crippen molar-refractivity contribution in [2.24, 2.45) is 0 Å². The zero-order valence-electron chi connectivity index (χ0n) is 11.4. The van der Waals surface area contributed by atoms with Gasteiger partial charge in [0.2, 0.25) is 0 Å². The Kier molecular flexibility index (Phi) is 3.27. The molecule has 0 aliphatic carbocycles. The van der Waals surface area contributed by atoms with Crippen LogP contribution in [-0.4, -0.2) is 31.7 Å². The van der Waals surface area contributed by atoms with Crippen LogP contribution >= 0.6 is 0 Å². The van der Waals surface area contributed by atoms with Gasteiger partial charge in [0.25, 0.3) is 0 Å². The summed E-state index contributed by atoms with van der Waals surface area (Å²) < 4.78 is 0. The largest absolute Gasteiger partial charge is 0.368 e. The van der Waals surface area contributed by atoms with Gasteiger partial charge >= 0.3 is 0 Å². The highest BCUT2D eigenvalue weighted by atomic mass is 15.2. The Morgan fingerprint density at radius 3 is 2.72 bits per heavy atom. The molecule has 98 valence electrons. The van der Waals surface area contributed by atoms with E-state index in [1.54, 1.807) is 5.56 Å². The van der Waals surface area contributed by atoms with Crippen LogP contribution < -0.4 is 15.5 Å². The van der Waals surface area contributed by atoms with E-state index in [2.05, 4.69) is 47.6 Å². The van der Waals surface area contributed by atoms with E-state index in [0.717, 1.165) is 32.6 Å². The molecule has 1 aromatic carbocycles. The molecule has 0 spiro atoms. The third kappa shape index (κ3) is 2.25. The van der Waals surface area contributed by atoms with Crippen molar-refractivity contribution in [3.05, 3.63) is 29.3 Å². The summed E-state index contributed by atoms with van der Waals surface area (Å²) in [5, 5.41) is 7.06. The molecule has 2 aliphatic heterocycles. The Morgan fingerprint density at radius 2 is 1.94 bits per heavy atom. The van der Waals surface area contributed by atoms with Gasteiger partial charge in [0.15, 0.2) is 0 Å². The van der Waals surface area contributed by atoms with Crippen LogP contribution in [0.5, 0.6) is 0 Å². The van der Waals surface area contributed by atoms with E-state index in [1.165, 1.54) is 11.3 Å². The maximum atomic E-state index is 3.60. The molecule has 3 nitrogen and oxygen atoms in total. The van der Waals surface area contributed by atoms with Crippen LogP contribution in [0.25, 0.3) is 0 Å². The van der Waals surface area contributed by atoms with Crippen LogP contribution in [0.3, 0.4) is 0 Å². The summed E-state index contributed by atoms with van der Waals surface area (Å²) in [6.07, 6.45) is 1.16. The lowest BCUT2D eigenvalue weighted by Gasteiger charge is -2.39. The fourth-order valence-electron chi connectivity index (χ4n) is 3.33. The third-order valence-corrected chi connectivity index (χ3v) is 4.01. The highest BCUT2D eigenvalue weighted by Gasteiger charge is 2.24. The van der Waals surface area contributed by atoms with E-state index in [0.29, 0.717) is 12.1 Å². The second-order valence-corrected chi connectivity index (χ2v) is 5.72. The van der Waals surface area contributed by atoms with Crippen LogP contribution in [0.1, 0.15) is 25.0 Å². The quantitative estimate of drug-likeness (QED) is 0.785. The molecule has 2 aliphatic rings. The van der Waals surface area contributed by atoms with Crippen molar-refractivity contribution in [3.8, 4) is 0 Å². The number of piperazine rings is 1. The fourth-order valence-corrected chi connectivity index (χ4v) is 3.33. The van der Waals surface area contributed by atoms with Gasteiger partial charge < -0.3 is 15.5 Å². The smallest absolute Gasteiger partial charge is 0.0403 e. The molecule has 1 aromatic rings. The first-order valence-electron chi connectivity index (χ1n) is 7.06. The predicted molar refractivity (Wildman–Crippen MR) is 76.1 cm³/mol. The van der Waals surface area contributed by atoms with E-state index in [4.69, 9.17) is 0 Å². The molecule has 2 unspecified atom stereocenters.